The first kappa shape index (κ1) is 19.8. The van der Waals surface area contributed by atoms with Crippen LogP contribution in [-0.2, 0) is 9.53 Å². The van der Waals surface area contributed by atoms with Crippen LogP contribution in [0.1, 0.15) is 39.9 Å². The van der Waals surface area contributed by atoms with E-state index in [0.717, 1.165) is 30.6 Å². The maximum Gasteiger partial charge on any atom is 0.253 e. The molecule has 2 aromatic rings. The van der Waals surface area contributed by atoms with Crippen molar-refractivity contribution in [2.75, 3.05) is 18.5 Å². The van der Waals surface area contributed by atoms with E-state index >= 15 is 0 Å². The quantitative estimate of drug-likeness (QED) is 0.750. The van der Waals surface area contributed by atoms with Crippen molar-refractivity contribution in [2.45, 2.75) is 32.8 Å². The molecule has 146 valence electrons. The minimum atomic E-state index is -0.278. The molecule has 1 aliphatic heterocycles. The molecule has 0 aliphatic carbocycles. The highest BCUT2D eigenvalue weighted by atomic mass is 16.5. The second-order valence-electron chi connectivity index (χ2n) is 7.07. The Balaban J connectivity index is 1.64. The first-order valence-electron chi connectivity index (χ1n) is 9.58. The van der Waals surface area contributed by atoms with Crippen LogP contribution in [0.2, 0.25) is 0 Å². The van der Waals surface area contributed by atoms with Gasteiger partial charge in [0.05, 0.1) is 17.4 Å². The largest absolute Gasteiger partial charge is 0.376 e. The number of anilines is 1. The van der Waals surface area contributed by atoms with Gasteiger partial charge in [0, 0.05) is 19.2 Å². The van der Waals surface area contributed by atoms with Gasteiger partial charge in [-0.15, -0.1) is 0 Å². The Bertz CT molecular complexity index is 883. The number of hydrogen-bond donors (Lipinski definition) is 2. The van der Waals surface area contributed by atoms with Crippen molar-refractivity contribution in [1.82, 2.24) is 5.32 Å². The lowest BCUT2D eigenvalue weighted by molar-refractivity contribution is -0.111. The molecule has 1 heterocycles. The lowest BCUT2D eigenvalue weighted by atomic mass is 10.1. The number of carbonyl (C=O) groups excluding carboxylic acids is 2. The molecule has 0 radical (unpaired) electrons. The summed E-state index contributed by atoms with van der Waals surface area (Å²) in [5.41, 5.74) is 4.21. The van der Waals surface area contributed by atoms with Gasteiger partial charge in [-0.05, 0) is 56.0 Å². The molecule has 2 amide bonds. The normalized spacial score (nSPS) is 16.3. The van der Waals surface area contributed by atoms with Gasteiger partial charge in [-0.3, -0.25) is 9.59 Å². The summed E-state index contributed by atoms with van der Waals surface area (Å²) >= 11 is 0. The zero-order chi connectivity index (χ0) is 19.9. The lowest BCUT2D eigenvalue weighted by Crippen LogP contribution is -2.32. The Morgan fingerprint density at radius 1 is 1.18 bits per heavy atom. The van der Waals surface area contributed by atoms with Crippen LogP contribution in [0.3, 0.4) is 0 Å². The summed E-state index contributed by atoms with van der Waals surface area (Å²) in [4.78, 5) is 24.9. The van der Waals surface area contributed by atoms with Crippen molar-refractivity contribution >= 4 is 23.6 Å². The molecule has 0 bridgehead atoms. The number of ether oxygens (including phenoxy) is 1. The molecule has 3 rings (SSSR count). The van der Waals surface area contributed by atoms with Gasteiger partial charge in [0.25, 0.3) is 5.91 Å². The third kappa shape index (κ3) is 5.30. The lowest BCUT2D eigenvalue weighted by Gasteiger charge is -2.13. The topological polar surface area (TPSA) is 67.4 Å². The first-order valence-corrected chi connectivity index (χ1v) is 9.58. The molecule has 1 aliphatic rings. The van der Waals surface area contributed by atoms with Crippen LogP contribution >= 0.6 is 0 Å². The molecular formula is C23H26N2O3. The molecule has 1 fully saturated rings. The van der Waals surface area contributed by atoms with Gasteiger partial charge in [-0.2, -0.15) is 0 Å². The fraction of sp³-hybridized carbons (Fsp3) is 0.304. The van der Waals surface area contributed by atoms with E-state index in [4.69, 9.17) is 4.74 Å². The maximum atomic E-state index is 12.5. The minimum absolute atomic E-state index is 0.0754. The highest BCUT2D eigenvalue weighted by Crippen LogP contribution is 2.17. The van der Waals surface area contributed by atoms with Crippen LogP contribution < -0.4 is 10.6 Å². The van der Waals surface area contributed by atoms with Crippen LogP contribution in [0.4, 0.5) is 5.69 Å². The summed E-state index contributed by atoms with van der Waals surface area (Å²) in [6.45, 7) is 5.28. The van der Waals surface area contributed by atoms with Gasteiger partial charge < -0.3 is 15.4 Å². The van der Waals surface area contributed by atoms with Crippen molar-refractivity contribution in [1.29, 1.82) is 0 Å². The molecule has 5 nitrogen and oxygen atoms in total. The van der Waals surface area contributed by atoms with E-state index in [0.29, 0.717) is 17.8 Å². The molecule has 1 atom stereocenters. The summed E-state index contributed by atoms with van der Waals surface area (Å²) in [5, 5.41) is 5.69. The standard InChI is InChI=1S/C23H26N2O3/c1-16-9-10-18(17(2)14-16)11-12-22(26)25-21-8-4-3-7-20(21)23(27)24-15-19-6-5-13-28-19/h3-4,7-12,14,19H,5-6,13,15H2,1-2H3,(H,24,27)(H,25,26). The molecule has 1 saturated heterocycles. The molecule has 28 heavy (non-hydrogen) atoms. The Morgan fingerprint density at radius 3 is 2.75 bits per heavy atom. The van der Waals surface area contributed by atoms with Crippen LogP contribution in [-0.4, -0.2) is 31.1 Å². The van der Waals surface area contributed by atoms with Crippen LogP contribution in [0, 0.1) is 13.8 Å². The number of benzene rings is 2. The fourth-order valence-corrected chi connectivity index (χ4v) is 3.25. The van der Waals surface area contributed by atoms with E-state index in [-0.39, 0.29) is 17.9 Å². The smallest absolute Gasteiger partial charge is 0.253 e. The summed E-state index contributed by atoms with van der Waals surface area (Å²) < 4.78 is 5.53. The SMILES string of the molecule is Cc1ccc(C=CC(=O)Nc2ccccc2C(=O)NCC2CCCO2)c(C)c1. The fourth-order valence-electron chi connectivity index (χ4n) is 3.25. The Kier molecular flexibility index (Phi) is 6.61. The van der Waals surface area contributed by atoms with Crippen molar-refractivity contribution in [2.24, 2.45) is 0 Å². The molecule has 1 unspecified atom stereocenters. The number of rotatable bonds is 6. The summed E-state index contributed by atoms with van der Waals surface area (Å²) in [6.07, 6.45) is 5.33. The molecule has 2 aromatic carbocycles. The Morgan fingerprint density at radius 2 is 2.00 bits per heavy atom. The second-order valence-corrected chi connectivity index (χ2v) is 7.07. The molecular weight excluding hydrogens is 352 g/mol. The number of carbonyl (C=O) groups is 2. The number of hydrogen-bond acceptors (Lipinski definition) is 3. The van der Waals surface area contributed by atoms with Gasteiger partial charge in [0.1, 0.15) is 0 Å². The summed E-state index contributed by atoms with van der Waals surface area (Å²) in [5.74, 6) is -0.496. The average Bonchev–Trinajstić information content (AvgIpc) is 3.19. The number of aryl methyl sites for hydroxylation is 2. The van der Waals surface area contributed by atoms with Crippen molar-refractivity contribution < 1.29 is 14.3 Å². The van der Waals surface area contributed by atoms with Crippen molar-refractivity contribution in [3.05, 3.63) is 70.8 Å². The van der Waals surface area contributed by atoms with E-state index in [9.17, 15) is 9.59 Å². The van der Waals surface area contributed by atoms with Crippen molar-refractivity contribution in [3.8, 4) is 0 Å². The van der Waals surface area contributed by atoms with Gasteiger partial charge in [0.15, 0.2) is 0 Å². The number of nitrogens with one attached hydrogen (secondary N) is 2. The van der Waals surface area contributed by atoms with E-state index in [2.05, 4.69) is 16.7 Å². The average molecular weight is 378 g/mol. The van der Waals surface area contributed by atoms with E-state index in [1.165, 1.54) is 11.6 Å². The Hall–Kier alpha value is -2.92. The number of amides is 2. The predicted molar refractivity (Wildman–Crippen MR) is 111 cm³/mol. The third-order valence-electron chi connectivity index (χ3n) is 4.78. The highest BCUT2D eigenvalue weighted by Gasteiger charge is 2.18. The van der Waals surface area contributed by atoms with Gasteiger partial charge in [0.2, 0.25) is 5.91 Å². The minimum Gasteiger partial charge on any atom is -0.376 e. The first-order chi connectivity index (χ1) is 13.5. The van der Waals surface area contributed by atoms with Gasteiger partial charge in [-0.25, -0.2) is 0 Å². The van der Waals surface area contributed by atoms with Crippen molar-refractivity contribution in [3.63, 3.8) is 0 Å². The molecule has 0 saturated carbocycles. The number of para-hydroxylation sites is 1. The van der Waals surface area contributed by atoms with Gasteiger partial charge in [-0.1, -0.05) is 35.9 Å². The van der Waals surface area contributed by atoms with E-state index in [1.807, 2.05) is 26.0 Å². The van der Waals surface area contributed by atoms with E-state index < -0.39 is 0 Å². The summed E-state index contributed by atoms with van der Waals surface area (Å²) in [6, 6.07) is 13.1. The zero-order valence-corrected chi connectivity index (χ0v) is 16.3. The summed E-state index contributed by atoms with van der Waals surface area (Å²) in [7, 11) is 0. The van der Waals surface area contributed by atoms with Crippen LogP contribution in [0.5, 0.6) is 0 Å². The maximum absolute atomic E-state index is 12.5. The second kappa shape index (κ2) is 9.33. The van der Waals surface area contributed by atoms with Crippen LogP contribution in [0.25, 0.3) is 6.08 Å². The zero-order valence-electron chi connectivity index (χ0n) is 16.3. The third-order valence-corrected chi connectivity index (χ3v) is 4.78. The molecule has 0 spiro atoms. The Labute approximate surface area is 165 Å². The monoisotopic (exact) mass is 378 g/mol. The predicted octanol–water partition coefficient (Wildman–Crippen LogP) is 3.86. The van der Waals surface area contributed by atoms with E-state index in [1.54, 1.807) is 30.3 Å². The molecule has 0 aromatic heterocycles. The van der Waals surface area contributed by atoms with Gasteiger partial charge >= 0.3 is 0 Å². The molecule has 2 N–H and O–H groups in total. The highest BCUT2D eigenvalue weighted by molar-refractivity contribution is 6.07. The van der Waals surface area contributed by atoms with Crippen LogP contribution in [0.15, 0.2) is 48.5 Å². The molecule has 5 heteroatoms.